The van der Waals surface area contributed by atoms with Crippen LogP contribution in [0.25, 0.3) is 11.0 Å². The maximum Gasteiger partial charge on any atom is 0.135 e. The second-order valence-corrected chi connectivity index (χ2v) is 3.02. The Morgan fingerprint density at radius 1 is 1.50 bits per heavy atom. The van der Waals surface area contributed by atoms with Gasteiger partial charge in [0, 0.05) is 0 Å². The first kappa shape index (κ1) is 8.97. The molecule has 2 aromatic rings. The average molecular weight is 210 g/mol. The first-order valence-corrected chi connectivity index (χ1v) is 4.47. The summed E-state index contributed by atoms with van der Waals surface area (Å²) >= 11 is 1.07. The van der Waals surface area contributed by atoms with Gasteiger partial charge in [0.1, 0.15) is 22.4 Å². The Balaban J connectivity index is 2.68. The van der Waals surface area contributed by atoms with Gasteiger partial charge in [-0.1, -0.05) is 0 Å². The highest BCUT2D eigenvalue weighted by Crippen LogP contribution is 2.31. The van der Waals surface area contributed by atoms with Gasteiger partial charge in [-0.2, -0.15) is 8.75 Å². The Morgan fingerprint density at radius 2 is 2.36 bits per heavy atom. The lowest BCUT2D eigenvalue weighted by atomic mass is 10.2. The number of benzene rings is 1. The van der Waals surface area contributed by atoms with E-state index in [9.17, 15) is 4.91 Å². The highest BCUT2D eigenvalue weighted by molar-refractivity contribution is 7.00. The molecular formula is C7H6N4O2S. The highest BCUT2D eigenvalue weighted by atomic mass is 32.1. The second-order valence-electron chi connectivity index (χ2n) is 2.49. The van der Waals surface area contributed by atoms with Gasteiger partial charge in [0.15, 0.2) is 0 Å². The van der Waals surface area contributed by atoms with E-state index < -0.39 is 0 Å². The molecular weight excluding hydrogens is 204 g/mol. The Hall–Kier alpha value is -1.60. The molecule has 1 aromatic carbocycles. The van der Waals surface area contributed by atoms with Crippen molar-refractivity contribution >= 4 is 34.1 Å². The third kappa shape index (κ3) is 1.32. The van der Waals surface area contributed by atoms with Gasteiger partial charge in [0.2, 0.25) is 0 Å². The van der Waals surface area contributed by atoms with Gasteiger partial charge in [-0.3, -0.25) is 10.3 Å². The fourth-order valence-corrected chi connectivity index (χ4v) is 1.66. The molecule has 0 aliphatic rings. The predicted molar refractivity (Wildman–Crippen MR) is 53.5 cm³/mol. The van der Waals surface area contributed by atoms with Gasteiger partial charge in [-0.25, -0.2) is 0 Å². The van der Waals surface area contributed by atoms with E-state index >= 15 is 0 Å². The van der Waals surface area contributed by atoms with Crippen LogP contribution < -0.4 is 5.48 Å². The number of hydrogen-bond donors (Lipinski definition) is 1. The van der Waals surface area contributed by atoms with E-state index in [4.69, 9.17) is 4.84 Å². The first-order chi connectivity index (χ1) is 6.86. The van der Waals surface area contributed by atoms with Crippen LogP contribution in [0.3, 0.4) is 0 Å². The van der Waals surface area contributed by atoms with E-state index in [-0.39, 0.29) is 5.69 Å². The molecule has 1 aromatic heterocycles. The van der Waals surface area contributed by atoms with Crippen molar-refractivity contribution in [3.63, 3.8) is 0 Å². The monoisotopic (exact) mass is 210 g/mol. The lowest BCUT2D eigenvalue weighted by Gasteiger charge is -2.04. The van der Waals surface area contributed by atoms with Crippen LogP contribution in [0.2, 0.25) is 0 Å². The lowest BCUT2D eigenvalue weighted by molar-refractivity contribution is 0.272. The van der Waals surface area contributed by atoms with Crippen LogP contribution in [0.1, 0.15) is 0 Å². The van der Waals surface area contributed by atoms with Crippen LogP contribution in [0.15, 0.2) is 17.3 Å². The molecule has 0 saturated heterocycles. The molecule has 2 rings (SSSR count). The lowest BCUT2D eigenvalue weighted by Crippen LogP contribution is -1.96. The maximum absolute atomic E-state index is 10.5. The summed E-state index contributed by atoms with van der Waals surface area (Å²) in [6.45, 7) is 0. The predicted octanol–water partition coefficient (Wildman–Crippen LogP) is 2.06. The summed E-state index contributed by atoms with van der Waals surface area (Å²) in [6, 6.07) is 3.26. The summed E-state index contributed by atoms with van der Waals surface area (Å²) in [4.78, 5) is 15.2. The standard InChI is InChI=1S/C7H6N4O2S/c1-13-9-6-4(8-12)2-3-5-7(6)11-14-10-5/h2-3,9H,1H3. The van der Waals surface area contributed by atoms with Crippen LogP contribution in [0.4, 0.5) is 11.4 Å². The molecule has 0 spiro atoms. The van der Waals surface area contributed by atoms with Gasteiger partial charge in [-0.15, -0.1) is 4.91 Å². The summed E-state index contributed by atoms with van der Waals surface area (Å²) < 4.78 is 8.06. The van der Waals surface area contributed by atoms with Gasteiger partial charge in [0.25, 0.3) is 0 Å². The van der Waals surface area contributed by atoms with Gasteiger partial charge >= 0.3 is 0 Å². The fourth-order valence-electron chi connectivity index (χ4n) is 1.12. The molecule has 14 heavy (non-hydrogen) atoms. The number of hydrogen-bond acceptors (Lipinski definition) is 7. The second kappa shape index (κ2) is 3.64. The SMILES string of the molecule is CONc1c(N=O)ccc2nsnc12. The van der Waals surface area contributed by atoms with E-state index in [0.717, 1.165) is 11.7 Å². The smallest absolute Gasteiger partial charge is 0.135 e. The number of nitrogens with one attached hydrogen (secondary N) is 1. The highest BCUT2D eigenvalue weighted by Gasteiger charge is 2.10. The third-order valence-electron chi connectivity index (χ3n) is 1.71. The van der Waals surface area contributed by atoms with Crippen molar-refractivity contribution in [3.8, 4) is 0 Å². The van der Waals surface area contributed by atoms with E-state index in [1.54, 1.807) is 12.1 Å². The van der Waals surface area contributed by atoms with Crippen molar-refractivity contribution in [2.75, 3.05) is 12.6 Å². The molecule has 0 aliphatic heterocycles. The Labute approximate surface area is 83.2 Å². The van der Waals surface area contributed by atoms with Crippen molar-refractivity contribution in [1.29, 1.82) is 0 Å². The zero-order valence-electron chi connectivity index (χ0n) is 7.22. The molecule has 1 heterocycles. The summed E-state index contributed by atoms with van der Waals surface area (Å²) in [6.07, 6.45) is 0. The number of aromatic nitrogens is 2. The van der Waals surface area contributed by atoms with Gasteiger partial charge < -0.3 is 0 Å². The zero-order valence-corrected chi connectivity index (χ0v) is 8.04. The van der Waals surface area contributed by atoms with Gasteiger partial charge in [-0.05, 0) is 17.3 Å². The number of rotatable bonds is 3. The molecule has 0 amide bonds. The fraction of sp³-hybridized carbons (Fsp3) is 0.143. The summed E-state index contributed by atoms with van der Waals surface area (Å²) in [5.41, 5.74) is 4.58. The van der Waals surface area contributed by atoms with Crippen LogP contribution in [-0.2, 0) is 4.84 Å². The minimum Gasteiger partial charge on any atom is -0.279 e. The molecule has 0 aliphatic carbocycles. The normalized spacial score (nSPS) is 10.4. The number of nitroso groups, excluding NO2 is 1. The van der Waals surface area contributed by atoms with Crippen molar-refractivity contribution in [1.82, 2.24) is 8.75 Å². The molecule has 0 unspecified atom stereocenters. The van der Waals surface area contributed by atoms with Crippen LogP contribution >= 0.6 is 11.7 Å². The number of nitrogens with zero attached hydrogens (tertiary/aromatic N) is 3. The van der Waals surface area contributed by atoms with Crippen molar-refractivity contribution in [2.45, 2.75) is 0 Å². The quantitative estimate of drug-likeness (QED) is 0.619. The van der Waals surface area contributed by atoms with Crippen molar-refractivity contribution < 1.29 is 4.84 Å². The Kier molecular flexibility index (Phi) is 2.33. The molecule has 0 fully saturated rings. The molecule has 0 radical (unpaired) electrons. The molecule has 1 N–H and O–H groups in total. The molecule has 0 bridgehead atoms. The first-order valence-electron chi connectivity index (χ1n) is 3.74. The minimum atomic E-state index is 0.257. The van der Waals surface area contributed by atoms with Crippen molar-refractivity contribution in [2.24, 2.45) is 5.18 Å². The third-order valence-corrected chi connectivity index (χ3v) is 2.25. The van der Waals surface area contributed by atoms with E-state index in [2.05, 4.69) is 19.4 Å². The zero-order chi connectivity index (χ0) is 9.97. The van der Waals surface area contributed by atoms with Gasteiger partial charge in [0.05, 0.1) is 18.8 Å². The largest absolute Gasteiger partial charge is 0.279 e. The number of fused-ring (bicyclic) bond motifs is 1. The molecule has 72 valence electrons. The number of anilines is 1. The van der Waals surface area contributed by atoms with Crippen LogP contribution in [0, 0.1) is 4.91 Å². The molecule has 0 saturated carbocycles. The molecule has 0 atom stereocenters. The van der Waals surface area contributed by atoms with Crippen molar-refractivity contribution in [3.05, 3.63) is 17.0 Å². The summed E-state index contributed by atoms with van der Waals surface area (Å²) in [7, 11) is 1.45. The van der Waals surface area contributed by atoms with Crippen LogP contribution in [-0.4, -0.2) is 15.9 Å². The Bertz CT molecular complexity index is 470. The minimum absolute atomic E-state index is 0.257. The average Bonchev–Trinajstić information content (AvgIpc) is 2.67. The molecule has 7 heteroatoms. The topological polar surface area (TPSA) is 76.5 Å². The van der Waals surface area contributed by atoms with Crippen LogP contribution in [0.5, 0.6) is 0 Å². The Morgan fingerprint density at radius 3 is 3.07 bits per heavy atom. The van der Waals surface area contributed by atoms with E-state index in [1.165, 1.54) is 7.11 Å². The molecule has 6 nitrogen and oxygen atoms in total. The maximum atomic E-state index is 10.5. The van der Waals surface area contributed by atoms with E-state index in [1.807, 2.05) is 0 Å². The van der Waals surface area contributed by atoms with E-state index in [0.29, 0.717) is 16.7 Å². The summed E-state index contributed by atoms with van der Waals surface area (Å²) in [5, 5.41) is 2.86. The summed E-state index contributed by atoms with van der Waals surface area (Å²) in [5.74, 6) is 0.